The molecule has 1 aromatic carbocycles. The summed E-state index contributed by atoms with van der Waals surface area (Å²) in [5.74, 6) is 0.647. The number of benzene rings is 1. The van der Waals surface area contributed by atoms with Gasteiger partial charge in [0.2, 0.25) is 0 Å². The predicted octanol–water partition coefficient (Wildman–Crippen LogP) is 2.20. The molecule has 20 heavy (non-hydrogen) atoms. The number of aryl methyl sites for hydroxylation is 1. The van der Waals surface area contributed by atoms with Crippen molar-refractivity contribution in [3.05, 3.63) is 29.8 Å². The topological polar surface area (TPSA) is 57.0 Å². The third-order valence-electron chi connectivity index (χ3n) is 3.28. The second-order valence-electron chi connectivity index (χ2n) is 4.79. The second-order valence-corrected chi connectivity index (χ2v) is 5.96. The molecule has 1 unspecified atom stereocenters. The van der Waals surface area contributed by atoms with Crippen molar-refractivity contribution in [3.8, 4) is 11.4 Å². The zero-order valence-electron chi connectivity index (χ0n) is 11.4. The molecule has 0 amide bonds. The Labute approximate surface area is 121 Å². The Morgan fingerprint density at radius 2 is 2.05 bits per heavy atom. The van der Waals surface area contributed by atoms with Gasteiger partial charge < -0.3 is 9.30 Å². The van der Waals surface area contributed by atoms with Gasteiger partial charge in [-0.3, -0.25) is 4.79 Å². The van der Waals surface area contributed by atoms with Crippen molar-refractivity contribution >= 4 is 17.7 Å². The molecule has 104 valence electrons. The third kappa shape index (κ3) is 2.43. The molecular formula is C14H15N3O2S. The van der Waals surface area contributed by atoms with Gasteiger partial charge in [-0.1, -0.05) is 41.6 Å². The molecule has 3 rings (SSSR count). The first-order valence-electron chi connectivity index (χ1n) is 6.45. The lowest BCUT2D eigenvalue weighted by Crippen LogP contribution is -2.10. The number of aromatic nitrogens is 3. The maximum Gasteiger partial charge on any atom is 0.319 e. The van der Waals surface area contributed by atoms with Crippen molar-refractivity contribution in [2.24, 2.45) is 7.05 Å². The maximum absolute atomic E-state index is 11.5. The Kier molecular flexibility index (Phi) is 3.48. The number of rotatable bonds is 3. The molecule has 1 atom stereocenters. The highest BCUT2D eigenvalue weighted by molar-refractivity contribution is 8.00. The van der Waals surface area contributed by atoms with Crippen LogP contribution in [0.15, 0.2) is 29.4 Å². The normalized spacial score (nSPS) is 18.3. The number of hydrogen-bond donors (Lipinski definition) is 0. The summed E-state index contributed by atoms with van der Waals surface area (Å²) in [6, 6.07) is 8.14. The van der Waals surface area contributed by atoms with Gasteiger partial charge in [0, 0.05) is 19.0 Å². The molecule has 1 aliphatic heterocycles. The molecule has 0 saturated carbocycles. The summed E-state index contributed by atoms with van der Waals surface area (Å²) in [4.78, 5) is 11.5. The van der Waals surface area contributed by atoms with E-state index in [1.54, 1.807) is 0 Å². The van der Waals surface area contributed by atoms with Crippen LogP contribution in [0.25, 0.3) is 11.4 Å². The SMILES string of the molecule is Cc1ccc(-c2nnc(SC3CCOC3=O)n2C)cc1. The highest BCUT2D eigenvalue weighted by Crippen LogP contribution is 2.30. The predicted molar refractivity (Wildman–Crippen MR) is 76.4 cm³/mol. The minimum atomic E-state index is -0.163. The largest absolute Gasteiger partial charge is 0.465 e. The number of carbonyl (C=O) groups excluding carboxylic acids is 1. The van der Waals surface area contributed by atoms with E-state index in [1.807, 2.05) is 42.8 Å². The summed E-state index contributed by atoms with van der Waals surface area (Å²) < 4.78 is 6.88. The first-order chi connectivity index (χ1) is 9.65. The Bertz CT molecular complexity index is 636. The minimum absolute atomic E-state index is 0.158. The van der Waals surface area contributed by atoms with Crippen LogP contribution in [-0.2, 0) is 16.6 Å². The fourth-order valence-electron chi connectivity index (χ4n) is 2.08. The fraction of sp³-hybridized carbons (Fsp3) is 0.357. The smallest absolute Gasteiger partial charge is 0.319 e. The van der Waals surface area contributed by atoms with Crippen molar-refractivity contribution in [2.45, 2.75) is 23.8 Å². The second kappa shape index (κ2) is 5.28. The molecule has 5 nitrogen and oxygen atoms in total. The van der Waals surface area contributed by atoms with Crippen molar-refractivity contribution in [1.29, 1.82) is 0 Å². The van der Waals surface area contributed by atoms with E-state index < -0.39 is 0 Å². The van der Waals surface area contributed by atoms with Gasteiger partial charge in [-0.2, -0.15) is 0 Å². The molecule has 1 aliphatic rings. The van der Waals surface area contributed by atoms with Gasteiger partial charge in [-0.05, 0) is 6.92 Å². The molecule has 1 aromatic heterocycles. The Morgan fingerprint density at radius 1 is 1.30 bits per heavy atom. The lowest BCUT2D eigenvalue weighted by molar-refractivity contribution is -0.137. The zero-order chi connectivity index (χ0) is 14.1. The third-order valence-corrected chi connectivity index (χ3v) is 4.56. The molecule has 2 aromatic rings. The number of nitrogens with zero attached hydrogens (tertiary/aromatic N) is 3. The van der Waals surface area contributed by atoms with E-state index in [0.29, 0.717) is 6.61 Å². The average Bonchev–Trinajstić information content (AvgIpc) is 3.00. The van der Waals surface area contributed by atoms with Crippen LogP contribution in [0.3, 0.4) is 0 Å². The first-order valence-corrected chi connectivity index (χ1v) is 7.33. The Morgan fingerprint density at radius 3 is 2.70 bits per heavy atom. The summed E-state index contributed by atoms with van der Waals surface area (Å²) in [5.41, 5.74) is 2.23. The number of thioether (sulfide) groups is 1. The first kappa shape index (κ1) is 13.2. The number of ether oxygens (including phenoxy) is 1. The number of cyclic esters (lactones) is 1. The van der Waals surface area contributed by atoms with Crippen LogP contribution in [0.4, 0.5) is 0 Å². The Hall–Kier alpha value is -1.82. The Balaban J connectivity index is 1.85. The summed E-state index contributed by atoms with van der Waals surface area (Å²) in [7, 11) is 1.91. The van der Waals surface area contributed by atoms with E-state index >= 15 is 0 Å². The van der Waals surface area contributed by atoms with E-state index in [1.165, 1.54) is 17.3 Å². The average molecular weight is 289 g/mol. The molecule has 0 spiro atoms. The van der Waals surface area contributed by atoms with Gasteiger partial charge in [-0.25, -0.2) is 0 Å². The van der Waals surface area contributed by atoms with E-state index in [4.69, 9.17) is 4.74 Å². The molecule has 0 N–H and O–H groups in total. The summed E-state index contributed by atoms with van der Waals surface area (Å²) in [6.45, 7) is 2.55. The number of hydrogen-bond acceptors (Lipinski definition) is 5. The fourth-order valence-corrected chi connectivity index (χ4v) is 3.05. The van der Waals surface area contributed by atoms with Gasteiger partial charge in [0.1, 0.15) is 5.25 Å². The molecule has 0 radical (unpaired) electrons. The molecule has 1 fully saturated rings. The standard InChI is InChI=1S/C14H15N3O2S/c1-9-3-5-10(6-4-9)12-15-16-14(17(12)2)20-11-7-8-19-13(11)18/h3-6,11H,7-8H2,1-2H3. The van der Waals surface area contributed by atoms with Gasteiger partial charge in [-0.15, -0.1) is 10.2 Å². The number of esters is 1. The molecular weight excluding hydrogens is 274 g/mol. The van der Waals surface area contributed by atoms with Gasteiger partial charge in [0.15, 0.2) is 11.0 Å². The van der Waals surface area contributed by atoms with Gasteiger partial charge in [0.05, 0.1) is 6.61 Å². The zero-order valence-corrected chi connectivity index (χ0v) is 12.2. The van der Waals surface area contributed by atoms with Gasteiger partial charge in [0.25, 0.3) is 0 Å². The number of carbonyl (C=O) groups is 1. The van der Waals surface area contributed by atoms with Crippen LogP contribution in [-0.4, -0.2) is 32.6 Å². The summed E-state index contributed by atoms with van der Waals surface area (Å²) in [5, 5.41) is 8.98. The van der Waals surface area contributed by atoms with Crippen molar-refractivity contribution in [2.75, 3.05) is 6.61 Å². The molecule has 6 heteroatoms. The molecule has 1 saturated heterocycles. The highest BCUT2D eigenvalue weighted by atomic mass is 32.2. The summed E-state index contributed by atoms with van der Waals surface area (Å²) in [6.07, 6.45) is 0.732. The van der Waals surface area contributed by atoms with Crippen LogP contribution in [0.1, 0.15) is 12.0 Å². The monoisotopic (exact) mass is 289 g/mol. The highest BCUT2D eigenvalue weighted by Gasteiger charge is 2.29. The van der Waals surface area contributed by atoms with Crippen LogP contribution in [0, 0.1) is 6.92 Å². The summed E-state index contributed by atoms with van der Waals surface area (Å²) >= 11 is 1.42. The van der Waals surface area contributed by atoms with Crippen LogP contribution < -0.4 is 0 Å². The van der Waals surface area contributed by atoms with Gasteiger partial charge >= 0.3 is 5.97 Å². The van der Waals surface area contributed by atoms with Crippen molar-refractivity contribution < 1.29 is 9.53 Å². The van der Waals surface area contributed by atoms with Crippen LogP contribution in [0.2, 0.25) is 0 Å². The van der Waals surface area contributed by atoms with Crippen molar-refractivity contribution in [1.82, 2.24) is 14.8 Å². The van der Waals surface area contributed by atoms with E-state index in [0.717, 1.165) is 23.0 Å². The quantitative estimate of drug-likeness (QED) is 0.811. The van der Waals surface area contributed by atoms with Crippen LogP contribution >= 0.6 is 11.8 Å². The maximum atomic E-state index is 11.5. The van der Waals surface area contributed by atoms with Crippen molar-refractivity contribution in [3.63, 3.8) is 0 Å². The molecule has 0 bridgehead atoms. The van der Waals surface area contributed by atoms with Crippen LogP contribution in [0.5, 0.6) is 0 Å². The lowest BCUT2D eigenvalue weighted by Gasteiger charge is -2.06. The minimum Gasteiger partial charge on any atom is -0.465 e. The van der Waals surface area contributed by atoms with E-state index in [-0.39, 0.29) is 11.2 Å². The lowest BCUT2D eigenvalue weighted by atomic mass is 10.1. The van der Waals surface area contributed by atoms with E-state index in [9.17, 15) is 4.79 Å². The van der Waals surface area contributed by atoms with E-state index in [2.05, 4.69) is 10.2 Å². The molecule has 2 heterocycles. The molecule has 0 aliphatic carbocycles.